The lowest BCUT2D eigenvalue weighted by atomic mass is 10.1. The Hall–Kier alpha value is -4.35. The van der Waals surface area contributed by atoms with Crippen LogP contribution in [-0.2, 0) is 13.0 Å². The summed E-state index contributed by atoms with van der Waals surface area (Å²) in [7, 11) is 0. The molecule has 0 aliphatic heterocycles. The van der Waals surface area contributed by atoms with Gasteiger partial charge in [-0.3, -0.25) is 0 Å². The monoisotopic (exact) mass is 426 g/mol. The third-order valence-corrected chi connectivity index (χ3v) is 4.54. The standard InChI is InChI=1S/C19H16F2N8O2/c20-10-6-14-15(24-7-10)13(5-9-3-1-2-4-12(9)21)28-29(14)18-26-16(22)11(17(23)27-18)8-25-19(30)31/h1-4,6-7,25H,5,8H2,(H,30,31)(H4,22,23,26,27). The first-order chi connectivity index (χ1) is 14.8. The molecule has 0 saturated heterocycles. The molecule has 31 heavy (non-hydrogen) atoms. The minimum absolute atomic E-state index is 0.0636. The van der Waals surface area contributed by atoms with E-state index in [0.29, 0.717) is 16.8 Å². The van der Waals surface area contributed by atoms with E-state index in [0.717, 1.165) is 6.20 Å². The van der Waals surface area contributed by atoms with Crippen molar-refractivity contribution in [3.05, 3.63) is 65.0 Å². The molecule has 0 atom stereocenters. The van der Waals surface area contributed by atoms with E-state index in [1.165, 1.54) is 16.8 Å². The fraction of sp³-hybridized carbons (Fsp3) is 0.105. The third-order valence-electron chi connectivity index (χ3n) is 4.54. The molecule has 12 heteroatoms. The number of carboxylic acid groups (broad SMARTS) is 1. The number of amides is 1. The van der Waals surface area contributed by atoms with E-state index in [4.69, 9.17) is 16.6 Å². The van der Waals surface area contributed by atoms with E-state index in [-0.39, 0.29) is 41.6 Å². The van der Waals surface area contributed by atoms with Gasteiger partial charge in [0, 0.05) is 12.5 Å². The Morgan fingerprint density at radius 1 is 1.16 bits per heavy atom. The topological polar surface area (TPSA) is 158 Å². The van der Waals surface area contributed by atoms with E-state index in [9.17, 15) is 13.6 Å². The molecule has 158 valence electrons. The average molecular weight is 426 g/mol. The molecule has 0 saturated carbocycles. The number of hydrogen-bond donors (Lipinski definition) is 4. The molecular formula is C19H16F2N8O2. The summed E-state index contributed by atoms with van der Waals surface area (Å²) < 4.78 is 29.3. The van der Waals surface area contributed by atoms with Gasteiger partial charge in [0.1, 0.15) is 28.8 Å². The molecular weight excluding hydrogens is 410 g/mol. The number of aromatic nitrogens is 5. The van der Waals surface area contributed by atoms with Crippen LogP contribution in [0.2, 0.25) is 0 Å². The molecule has 3 aromatic heterocycles. The number of rotatable bonds is 5. The lowest BCUT2D eigenvalue weighted by Gasteiger charge is -2.10. The summed E-state index contributed by atoms with van der Waals surface area (Å²) in [5, 5.41) is 15.3. The third kappa shape index (κ3) is 3.90. The van der Waals surface area contributed by atoms with Crippen LogP contribution in [0.3, 0.4) is 0 Å². The Labute approximate surface area is 173 Å². The first-order valence-electron chi connectivity index (χ1n) is 8.99. The van der Waals surface area contributed by atoms with Gasteiger partial charge in [-0.1, -0.05) is 18.2 Å². The van der Waals surface area contributed by atoms with Crippen molar-refractivity contribution in [3.8, 4) is 5.95 Å². The first-order valence-corrected chi connectivity index (χ1v) is 8.99. The summed E-state index contributed by atoms with van der Waals surface area (Å²) in [4.78, 5) is 23.1. The molecule has 4 aromatic rings. The van der Waals surface area contributed by atoms with E-state index in [1.54, 1.807) is 18.2 Å². The lowest BCUT2D eigenvalue weighted by Crippen LogP contribution is -2.23. The van der Waals surface area contributed by atoms with E-state index >= 15 is 0 Å². The van der Waals surface area contributed by atoms with Gasteiger partial charge in [0.15, 0.2) is 0 Å². The van der Waals surface area contributed by atoms with Crippen LogP contribution < -0.4 is 16.8 Å². The van der Waals surface area contributed by atoms with Crippen LogP contribution in [0.15, 0.2) is 36.5 Å². The zero-order chi connectivity index (χ0) is 22.1. The van der Waals surface area contributed by atoms with E-state index in [1.807, 2.05) is 0 Å². The number of anilines is 2. The number of nitrogens with one attached hydrogen (secondary N) is 1. The number of fused-ring (bicyclic) bond motifs is 1. The largest absolute Gasteiger partial charge is 0.465 e. The van der Waals surface area contributed by atoms with Gasteiger partial charge in [-0.05, 0) is 11.6 Å². The number of hydrogen-bond acceptors (Lipinski definition) is 7. The quantitative estimate of drug-likeness (QED) is 0.377. The predicted octanol–water partition coefficient (Wildman–Crippen LogP) is 2.01. The summed E-state index contributed by atoms with van der Waals surface area (Å²) in [6.07, 6.45) is -0.135. The van der Waals surface area contributed by atoms with Gasteiger partial charge in [0.2, 0.25) is 0 Å². The summed E-state index contributed by atoms with van der Waals surface area (Å²) in [5.41, 5.74) is 13.4. The molecule has 0 aliphatic rings. The smallest absolute Gasteiger partial charge is 0.404 e. The van der Waals surface area contributed by atoms with Crippen molar-refractivity contribution in [2.24, 2.45) is 0 Å². The van der Waals surface area contributed by atoms with Gasteiger partial charge in [-0.15, -0.1) is 0 Å². The zero-order valence-corrected chi connectivity index (χ0v) is 15.9. The molecule has 3 heterocycles. The van der Waals surface area contributed by atoms with E-state index in [2.05, 4.69) is 25.4 Å². The predicted molar refractivity (Wildman–Crippen MR) is 107 cm³/mol. The van der Waals surface area contributed by atoms with E-state index < -0.39 is 17.7 Å². The molecule has 0 bridgehead atoms. The number of nitrogen functional groups attached to an aromatic ring is 2. The first kappa shape index (κ1) is 19.9. The Bertz CT molecular complexity index is 1280. The highest BCUT2D eigenvalue weighted by Gasteiger charge is 2.19. The van der Waals surface area contributed by atoms with Gasteiger partial charge in [0.25, 0.3) is 5.95 Å². The summed E-state index contributed by atoms with van der Waals surface area (Å²) in [6.45, 7) is -0.193. The molecule has 4 rings (SSSR count). The SMILES string of the molecule is Nc1nc(-n2nc(Cc3ccccc3F)c3ncc(F)cc32)nc(N)c1CNC(=O)O. The molecule has 1 amide bonds. The number of pyridine rings is 1. The van der Waals surface area contributed by atoms with Gasteiger partial charge in [-0.25, -0.2) is 18.6 Å². The highest BCUT2D eigenvalue weighted by molar-refractivity contribution is 5.79. The maximum absolute atomic E-state index is 14.1. The number of nitrogens with zero attached hydrogens (tertiary/aromatic N) is 5. The van der Waals surface area contributed by atoms with Crippen molar-refractivity contribution in [2.75, 3.05) is 11.5 Å². The van der Waals surface area contributed by atoms with Crippen molar-refractivity contribution in [3.63, 3.8) is 0 Å². The Morgan fingerprint density at radius 3 is 2.55 bits per heavy atom. The molecule has 0 spiro atoms. The number of halogens is 2. The van der Waals surface area contributed by atoms with Crippen molar-refractivity contribution >= 4 is 28.8 Å². The van der Waals surface area contributed by atoms with Crippen LogP contribution in [0.1, 0.15) is 16.8 Å². The van der Waals surface area contributed by atoms with Crippen LogP contribution in [0, 0.1) is 11.6 Å². The second-order valence-electron chi connectivity index (χ2n) is 6.58. The molecule has 0 radical (unpaired) electrons. The summed E-state index contributed by atoms with van der Waals surface area (Å²) >= 11 is 0. The molecule has 0 fully saturated rings. The minimum Gasteiger partial charge on any atom is -0.465 e. The molecule has 0 unspecified atom stereocenters. The molecule has 10 nitrogen and oxygen atoms in total. The van der Waals surface area contributed by atoms with Crippen molar-refractivity contribution in [1.29, 1.82) is 0 Å². The Morgan fingerprint density at radius 2 is 1.87 bits per heavy atom. The second kappa shape index (κ2) is 7.82. The summed E-state index contributed by atoms with van der Waals surface area (Å²) in [6, 6.07) is 7.40. The fourth-order valence-electron chi connectivity index (χ4n) is 3.07. The molecule has 0 aliphatic carbocycles. The fourth-order valence-corrected chi connectivity index (χ4v) is 3.07. The maximum Gasteiger partial charge on any atom is 0.404 e. The summed E-state index contributed by atoms with van der Waals surface area (Å²) in [5.74, 6) is -1.23. The van der Waals surface area contributed by atoms with Crippen molar-refractivity contribution < 1.29 is 18.7 Å². The van der Waals surface area contributed by atoms with Crippen LogP contribution in [0.4, 0.5) is 25.2 Å². The van der Waals surface area contributed by atoms with Crippen LogP contribution in [-0.4, -0.2) is 35.9 Å². The van der Waals surface area contributed by atoms with Crippen LogP contribution in [0.25, 0.3) is 17.0 Å². The molecule has 6 N–H and O–H groups in total. The second-order valence-corrected chi connectivity index (χ2v) is 6.58. The highest BCUT2D eigenvalue weighted by Crippen LogP contribution is 2.25. The van der Waals surface area contributed by atoms with Gasteiger partial charge in [-0.2, -0.15) is 19.7 Å². The normalized spacial score (nSPS) is 11.0. The lowest BCUT2D eigenvalue weighted by molar-refractivity contribution is 0.194. The highest BCUT2D eigenvalue weighted by atomic mass is 19.1. The van der Waals surface area contributed by atoms with Crippen LogP contribution in [0.5, 0.6) is 0 Å². The van der Waals surface area contributed by atoms with Gasteiger partial charge >= 0.3 is 6.09 Å². The Kier molecular flexibility index (Phi) is 5.03. The van der Waals surface area contributed by atoms with Gasteiger partial charge < -0.3 is 21.9 Å². The maximum atomic E-state index is 14.1. The van der Waals surface area contributed by atoms with Crippen LogP contribution >= 0.6 is 0 Å². The Balaban J connectivity index is 1.82. The zero-order valence-electron chi connectivity index (χ0n) is 15.9. The average Bonchev–Trinajstić information content (AvgIpc) is 3.06. The minimum atomic E-state index is -1.26. The van der Waals surface area contributed by atoms with Crippen molar-refractivity contribution in [2.45, 2.75) is 13.0 Å². The number of carbonyl (C=O) groups is 1. The number of benzene rings is 1. The number of nitrogens with two attached hydrogens (primary N) is 2. The molecule has 1 aromatic carbocycles. The van der Waals surface area contributed by atoms with Crippen molar-refractivity contribution in [1.82, 2.24) is 30.0 Å². The van der Waals surface area contributed by atoms with Gasteiger partial charge in [0.05, 0.1) is 29.5 Å².